The molecule has 0 radical (unpaired) electrons. The van der Waals surface area contributed by atoms with Crippen molar-refractivity contribution in [3.8, 4) is 16.9 Å². The van der Waals surface area contributed by atoms with Gasteiger partial charge in [0, 0.05) is 48.6 Å². The average molecular weight is 555 g/mol. The van der Waals surface area contributed by atoms with Crippen molar-refractivity contribution < 1.29 is 22.7 Å². The minimum absolute atomic E-state index is 0.0175. The number of aromatic nitrogens is 2. The Morgan fingerprint density at radius 1 is 1.00 bits per heavy atom. The predicted molar refractivity (Wildman–Crippen MR) is 144 cm³/mol. The molecule has 0 spiro atoms. The molecule has 0 aliphatic carbocycles. The second-order valence-corrected chi connectivity index (χ2v) is 9.79. The van der Waals surface area contributed by atoms with Crippen molar-refractivity contribution in [3.63, 3.8) is 0 Å². The van der Waals surface area contributed by atoms with Crippen molar-refractivity contribution in [1.29, 1.82) is 0 Å². The Bertz CT molecular complexity index is 1470. The number of nitrogens with zero attached hydrogens (tertiary/aromatic N) is 4. The highest BCUT2D eigenvalue weighted by Crippen LogP contribution is 2.37. The quantitative estimate of drug-likeness (QED) is 0.276. The maximum absolute atomic E-state index is 13.1. The smallest absolute Gasteiger partial charge is 0.416 e. The lowest BCUT2D eigenvalue weighted by Gasteiger charge is -2.34. The summed E-state index contributed by atoms with van der Waals surface area (Å²) < 4.78 is 46.5. The van der Waals surface area contributed by atoms with E-state index < -0.39 is 11.7 Å². The minimum atomic E-state index is -4.44. The lowest BCUT2D eigenvalue weighted by molar-refractivity contribution is -0.137. The molecule has 202 valence electrons. The summed E-state index contributed by atoms with van der Waals surface area (Å²) in [6.45, 7) is 2.72. The molecule has 1 aliphatic rings. The lowest BCUT2D eigenvalue weighted by atomic mass is 10.0. The topological polar surface area (TPSA) is 50.6 Å². The van der Waals surface area contributed by atoms with Crippen LogP contribution in [0.4, 0.5) is 18.9 Å². The van der Waals surface area contributed by atoms with Gasteiger partial charge in [-0.15, -0.1) is 0 Å². The summed E-state index contributed by atoms with van der Waals surface area (Å²) in [4.78, 5) is 21.0. The lowest BCUT2D eigenvalue weighted by Crippen LogP contribution is -2.50. The van der Waals surface area contributed by atoms with Crippen LogP contribution in [0.15, 0.2) is 79.3 Å². The first-order valence-electron chi connectivity index (χ1n) is 12.3. The molecule has 1 saturated heterocycles. The van der Waals surface area contributed by atoms with Crippen LogP contribution in [0.3, 0.4) is 0 Å². The molecule has 39 heavy (non-hydrogen) atoms. The number of hydrogen-bond acceptors (Lipinski definition) is 4. The molecule has 3 aromatic carbocycles. The molecule has 0 bridgehead atoms. The van der Waals surface area contributed by atoms with E-state index in [1.165, 1.54) is 13.2 Å². The third kappa shape index (κ3) is 6.10. The molecule has 2 heterocycles. The Labute approximate surface area is 229 Å². The number of hydrogen-bond donors (Lipinski definition) is 0. The summed E-state index contributed by atoms with van der Waals surface area (Å²) in [6, 6.07) is 18.4. The van der Waals surface area contributed by atoms with Gasteiger partial charge in [0.05, 0.1) is 31.2 Å². The number of anilines is 1. The van der Waals surface area contributed by atoms with Crippen molar-refractivity contribution in [1.82, 2.24) is 14.5 Å². The molecular weight excluding hydrogens is 529 g/mol. The Kier molecular flexibility index (Phi) is 7.63. The third-order valence-corrected chi connectivity index (χ3v) is 6.99. The summed E-state index contributed by atoms with van der Waals surface area (Å²) in [5.74, 6) is 0.184. The fraction of sp³-hybridized carbons (Fsp3) is 0.241. The Balaban J connectivity index is 1.24. The van der Waals surface area contributed by atoms with Crippen molar-refractivity contribution in [2.24, 2.45) is 0 Å². The highest BCUT2D eigenvalue weighted by molar-refractivity contribution is 6.30. The Morgan fingerprint density at radius 3 is 2.49 bits per heavy atom. The van der Waals surface area contributed by atoms with Crippen LogP contribution in [0.25, 0.3) is 11.1 Å². The van der Waals surface area contributed by atoms with Gasteiger partial charge in [0.15, 0.2) is 0 Å². The van der Waals surface area contributed by atoms with Crippen LogP contribution < -0.4 is 9.64 Å². The largest absolute Gasteiger partial charge is 0.496 e. The molecule has 0 saturated carbocycles. The molecule has 1 amide bonds. The summed E-state index contributed by atoms with van der Waals surface area (Å²) in [6.07, 6.45) is -0.878. The number of carbonyl (C=O) groups is 1. The van der Waals surface area contributed by atoms with Crippen molar-refractivity contribution >= 4 is 23.2 Å². The van der Waals surface area contributed by atoms with Gasteiger partial charge in [-0.1, -0.05) is 48.0 Å². The fourth-order valence-corrected chi connectivity index (χ4v) is 4.90. The summed E-state index contributed by atoms with van der Waals surface area (Å²) >= 11 is 6.09. The van der Waals surface area contributed by atoms with Crippen molar-refractivity contribution in [2.45, 2.75) is 19.3 Å². The Hall–Kier alpha value is -3.82. The highest BCUT2D eigenvalue weighted by Gasteiger charge is 2.31. The number of imidazole rings is 1. The summed E-state index contributed by atoms with van der Waals surface area (Å²) in [5.41, 5.74) is 3.38. The van der Waals surface area contributed by atoms with Gasteiger partial charge in [0.2, 0.25) is 5.91 Å². The van der Waals surface area contributed by atoms with Crippen molar-refractivity contribution in [2.75, 3.05) is 31.6 Å². The number of ether oxygens (including phenoxy) is 1. The normalized spacial score (nSPS) is 14.6. The summed E-state index contributed by atoms with van der Waals surface area (Å²) in [5, 5.41) is 0.596. The first-order chi connectivity index (χ1) is 18.7. The molecule has 1 aromatic heterocycles. The molecule has 0 unspecified atom stereocenters. The number of amides is 1. The van der Waals surface area contributed by atoms with Gasteiger partial charge in [-0.2, -0.15) is 13.2 Å². The van der Waals surface area contributed by atoms with E-state index in [1.807, 2.05) is 41.0 Å². The average Bonchev–Trinajstić information content (AvgIpc) is 3.34. The second kappa shape index (κ2) is 11.1. The number of rotatable bonds is 7. The number of halogens is 4. The summed E-state index contributed by atoms with van der Waals surface area (Å²) in [7, 11) is 1.36. The zero-order chi connectivity index (χ0) is 27.6. The molecule has 0 N–H and O–H groups in total. The van der Waals surface area contributed by atoms with Crippen molar-refractivity contribution in [3.05, 3.63) is 101 Å². The van der Waals surface area contributed by atoms with Gasteiger partial charge in [-0.25, -0.2) is 4.98 Å². The first-order valence-corrected chi connectivity index (χ1v) is 12.7. The third-order valence-electron chi connectivity index (χ3n) is 6.75. The van der Waals surface area contributed by atoms with Crippen LogP contribution in [0.5, 0.6) is 5.75 Å². The number of piperazine rings is 1. The fourth-order valence-electron chi connectivity index (χ4n) is 4.72. The monoisotopic (exact) mass is 554 g/mol. The maximum atomic E-state index is 13.1. The van der Waals surface area contributed by atoms with Crippen LogP contribution >= 0.6 is 11.6 Å². The van der Waals surface area contributed by atoms with Crippen LogP contribution in [0.1, 0.15) is 16.8 Å². The molecule has 10 heteroatoms. The van der Waals surface area contributed by atoms with Gasteiger partial charge < -0.3 is 14.2 Å². The van der Waals surface area contributed by atoms with Gasteiger partial charge >= 0.3 is 6.18 Å². The molecule has 1 fully saturated rings. The molecular formula is C29H26ClF3N4O2. The van der Waals surface area contributed by atoms with Crippen LogP contribution in [-0.4, -0.2) is 47.1 Å². The van der Waals surface area contributed by atoms with Crippen LogP contribution in [0.2, 0.25) is 5.02 Å². The number of alkyl halides is 3. The van der Waals surface area contributed by atoms with E-state index in [4.69, 9.17) is 16.3 Å². The molecule has 6 nitrogen and oxygen atoms in total. The highest BCUT2D eigenvalue weighted by atomic mass is 35.5. The Morgan fingerprint density at radius 2 is 1.79 bits per heavy atom. The van der Waals surface area contributed by atoms with Crippen LogP contribution in [0, 0.1) is 0 Å². The number of benzene rings is 3. The zero-order valence-corrected chi connectivity index (χ0v) is 21.9. The molecule has 1 aliphatic heterocycles. The standard InChI is InChI=1S/C29H26ClF3N4O2/c1-39-27-13-22(29(31,32)33)9-10-26(27)21-7-5-20(6-8-21)16-36-19-34-15-25(36)17-35-11-12-37(28(38)18-35)24-4-2-3-23(30)14-24/h2-10,13-15,19H,11-12,16-18H2,1H3. The predicted octanol–water partition coefficient (Wildman–Crippen LogP) is 6.13. The van der Waals surface area contributed by atoms with E-state index in [1.54, 1.807) is 29.6 Å². The number of methoxy groups -OCH3 is 1. The minimum Gasteiger partial charge on any atom is -0.496 e. The van der Waals surface area contributed by atoms with E-state index in [9.17, 15) is 18.0 Å². The van der Waals surface area contributed by atoms with Gasteiger partial charge in [-0.05, 0) is 41.5 Å². The first kappa shape index (κ1) is 26.8. The van der Waals surface area contributed by atoms with Gasteiger partial charge in [0.1, 0.15) is 5.75 Å². The van der Waals surface area contributed by atoms with E-state index in [2.05, 4.69) is 9.88 Å². The maximum Gasteiger partial charge on any atom is 0.416 e. The van der Waals surface area contributed by atoms with E-state index >= 15 is 0 Å². The SMILES string of the molecule is COc1cc(C(F)(F)F)ccc1-c1ccc(Cn2cncc2CN2CCN(c3cccc(Cl)c3)C(=O)C2)cc1. The molecule has 0 atom stereocenters. The van der Waals surface area contributed by atoms with Gasteiger partial charge in [0.25, 0.3) is 0 Å². The number of carbonyl (C=O) groups excluding carboxylic acids is 1. The van der Waals surface area contributed by atoms with E-state index in [0.717, 1.165) is 34.6 Å². The van der Waals surface area contributed by atoms with E-state index in [0.29, 0.717) is 43.3 Å². The zero-order valence-electron chi connectivity index (χ0n) is 21.2. The van der Waals surface area contributed by atoms with Gasteiger partial charge in [-0.3, -0.25) is 9.69 Å². The molecule has 5 rings (SSSR count). The van der Waals surface area contributed by atoms with Crippen LogP contribution in [-0.2, 0) is 24.1 Å². The molecule has 4 aromatic rings. The van der Waals surface area contributed by atoms with E-state index in [-0.39, 0.29) is 11.7 Å². The second-order valence-electron chi connectivity index (χ2n) is 9.36.